The maximum Gasteiger partial charge on any atom is 0.472 e. The molecule has 0 spiro atoms. The molecule has 1 fully saturated rings. The first-order valence-corrected chi connectivity index (χ1v) is 24.5. The first-order chi connectivity index (χ1) is 27.5. The number of esters is 1. The lowest BCUT2D eigenvalue weighted by molar-refractivity contribution is -0.220. The Labute approximate surface area is 346 Å². The molecular formula is C44H85O12P. The molecule has 0 radical (unpaired) electrons. The summed E-state index contributed by atoms with van der Waals surface area (Å²) < 4.78 is 34.1. The van der Waals surface area contributed by atoms with Crippen molar-refractivity contribution in [2.24, 2.45) is 0 Å². The normalized spacial score (nSPS) is 22.9. The van der Waals surface area contributed by atoms with Crippen molar-refractivity contribution in [1.29, 1.82) is 0 Å². The van der Waals surface area contributed by atoms with Crippen molar-refractivity contribution in [3.05, 3.63) is 12.2 Å². The molecule has 1 rings (SSSR count). The summed E-state index contributed by atoms with van der Waals surface area (Å²) in [5, 5.41) is 50.1. The third kappa shape index (κ3) is 28.3. The Morgan fingerprint density at radius 2 is 0.930 bits per heavy atom. The number of aliphatic hydroxyl groups excluding tert-OH is 5. The van der Waals surface area contributed by atoms with Gasteiger partial charge in [0.15, 0.2) is 0 Å². The van der Waals surface area contributed by atoms with E-state index in [0.717, 1.165) is 44.9 Å². The highest BCUT2D eigenvalue weighted by atomic mass is 31.2. The van der Waals surface area contributed by atoms with Gasteiger partial charge in [0.05, 0.1) is 13.2 Å². The number of carbonyl (C=O) groups excluding carboxylic acids is 1. The Kier molecular flexibility index (Phi) is 34.0. The molecule has 0 bridgehead atoms. The average molecular weight is 837 g/mol. The van der Waals surface area contributed by atoms with Crippen LogP contribution in [0, 0.1) is 0 Å². The highest BCUT2D eigenvalue weighted by Crippen LogP contribution is 2.47. The molecule has 1 aliphatic rings. The molecule has 6 N–H and O–H groups in total. The second-order valence-electron chi connectivity index (χ2n) is 16.3. The fraction of sp³-hybridized carbons (Fsp3) is 0.932. The lowest BCUT2D eigenvalue weighted by Gasteiger charge is -2.41. The minimum Gasteiger partial charge on any atom is -0.457 e. The molecule has 6 unspecified atom stereocenters. The second kappa shape index (κ2) is 35.8. The van der Waals surface area contributed by atoms with Crippen LogP contribution in [0.3, 0.4) is 0 Å². The lowest BCUT2D eigenvalue weighted by Crippen LogP contribution is -2.64. The Hall–Kier alpha value is -0.920. The van der Waals surface area contributed by atoms with Crippen LogP contribution in [0.25, 0.3) is 0 Å². The van der Waals surface area contributed by atoms with E-state index in [1.54, 1.807) is 0 Å². The molecule has 0 heterocycles. The number of allylic oxidation sites excluding steroid dienone is 2. The van der Waals surface area contributed by atoms with Gasteiger partial charge in [-0.15, -0.1) is 0 Å². The molecule has 12 nitrogen and oxygen atoms in total. The Morgan fingerprint density at radius 1 is 0.544 bits per heavy atom. The van der Waals surface area contributed by atoms with Gasteiger partial charge < -0.3 is 39.9 Å². The maximum atomic E-state index is 12.8. The van der Waals surface area contributed by atoms with E-state index in [2.05, 4.69) is 26.0 Å². The number of phosphoric acid groups is 1. The van der Waals surface area contributed by atoms with Crippen molar-refractivity contribution < 1.29 is 58.3 Å². The first kappa shape index (κ1) is 54.1. The van der Waals surface area contributed by atoms with Crippen molar-refractivity contribution in [2.45, 2.75) is 243 Å². The molecular weight excluding hydrogens is 751 g/mol. The summed E-state index contributed by atoms with van der Waals surface area (Å²) in [6.45, 7) is 4.26. The van der Waals surface area contributed by atoms with Gasteiger partial charge in [0, 0.05) is 13.0 Å². The monoisotopic (exact) mass is 837 g/mol. The summed E-state index contributed by atoms with van der Waals surface area (Å²) in [5.41, 5.74) is 0. The van der Waals surface area contributed by atoms with Gasteiger partial charge in [-0.3, -0.25) is 13.8 Å². The van der Waals surface area contributed by atoms with Gasteiger partial charge in [0.25, 0.3) is 0 Å². The van der Waals surface area contributed by atoms with Gasteiger partial charge in [-0.05, 0) is 38.5 Å². The van der Waals surface area contributed by atoms with Crippen LogP contribution in [0.1, 0.15) is 200 Å². The molecule has 13 heteroatoms. The van der Waals surface area contributed by atoms with Crippen molar-refractivity contribution in [3.8, 4) is 0 Å². The standard InChI is InChI=1S/C44H85O12P/c1-3-5-7-9-11-13-15-17-18-19-20-21-22-23-25-27-29-31-33-38(45)55-37(35-53-34-32-30-28-26-24-16-14-12-10-8-6-4-2)36-54-57(51,52)56-44-42(49)40(47)39(46)41(48)43(44)50/h18-19,37,39-44,46-50H,3-17,20-36H2,1-2H3,(H,51,52)/b19-18-. The number of hydrogen-bond donors (Lipinski definition) is 6. The average Bonchev–Trinajstić information content (AvgIpc) is 3.19. The summed E-state index contributed by atoms with van der Waals surface area (Å²) in [7, 11) is -5.01. The fourth-order valence-corrected chi connectivity index (χ4v) is 8.15. The van der Waals surface area contributed by atoms with Crippen molar-refractivity contribution in [3.63, 3.8) is 0 Å². The highest BCUT2D eigenvalue weighted by molar-refractivity contribution is 7.47. The van der Waals surface area contributed by atoms with E-state index in [0.29, 0.717) is 13.0 Å². The van der Waals surface area contributed by atoms with E-state index in [4.69, 9.17) is 18.5 Å². The number of aliphatic hydroxyl groups is 5. The summed E-state index contributed by atoms with van der Waals surface area (Å²) >= 11 is 0. The zero-order valence-corrected chi connectivity index (χ0v) is 36.8. The molecule has 0 aromatic rings. The van der Waals surface area contributed by atoms with Crippen LogP contribution < -0.4 is 0 Å². The number of hydrogen-bond acceptors (Lipinski definition) is 11. The van der Waals surface area contributed by atoms with Crippen LogP contribution in [0.5, 0.6) is 0 Å². The van der Waals surface area contributed by atoms with Crippen LogP contribution in [0.15, 0.2) is 12.2 Å². The fourth-order valence-electron chi connectivity index (χ4n) is 7.17. The predicted molar refractivity (Wildman–Crippen MR) is 226 cm³/mol. The minimum absolute atomic E-state index is 0.0730. The molecule has 0 saturated heterocycles. The topological polar surface area (TPSA) is 192 Å². The zero-order valence-electron chi connectivity index (χ0n) is 35.9. The number of phosphoric ester groups is 1. The number of rotatable bonds is 39. The molecule has 0 aliphatic heterocycles. The van der Waals surface area contributed by atoms with E-state index in [1.165, 1.54) is 128 Å². The minimum atomic E-state index is -5.01. The van der Waals surface area contributed by atoms with E-state index in [1.807, 2.05) is 0 Å². The van der Waals surface area contributed by atoms with Crippen LogP contribution in [-0.4, -0.2) is 98.9 Å². The van der Waals surface area contributed by atoms with Crippen molar-refractivity contribution in [1.82, 2.24) is 0 Å². The first-order valence-electron chi connectivity index (χ1n) is 23.0. The Morgan fingerprint density at radius 3 is 1.39 bits per heavy atom. The van der Waals surface area contributed by atoms with Gasteiger partial charge in [0.2, 0.25) is 0 Å². The van der Waals surface area contributed by atoms with Gasteiger partial charge in [-0.1, -0.05) is 167 Å². The summed E-state index contributed by atoms with van der Waals surface area (Å²) in [6, 6.07) is 0. The number of carbonyl (C=O) groups is 1. The van der Waals surface area contributed by atoms with Crippen LogP contribution >= 0.6 is 7.82 Å². The van der Waals surface area contributed by atoms with E-state index in [9.17, 15) is 39.8 Å². The summed E-state index contributed by atoms with van der Waals surface area (Å²) in [5.74, 6) is -0.479. The quantitative estimate of drug-likeness (QED) is 0.0149. The van der Waals surface area contributed by atoms with Gasteiger partial charge >= 0.3 is 13.8 Å². The molecule has 0 aromatic carbocycles. The predicted octanol–water partition coefficient (Wildman–Crippen LogP) is 9.14. The van der Waals surface area contributed by atoms with E-state index < -0.39 is 63.1 Å². The Bertz CT molecular complexity index is 1000. The van der Waals surface area contributed by atoms with Gasteiger partial charge in [0.1, 0.15) is 42.7 Å². The van der Waals surface area contributed by atoms with Gasteiger partial charge in [-0.2, -0.15) is 0 Å². The van der Waals surface area contributed by atoms with Crippen LogP contribution in [0.4, 0.5) is 0 Å². The highest BCUT2D eigenvalue weighted by Gasteiger charge is 2.51. The molecule has 338 valence electrons. The largest absolute Gasteiger partial charge is 0.472 e. The molecule has 6 atom stereocenters. The summed E-state index contributed by atoms with van der Waals surface area (Å²) in [4.78, 5) is 23.1. The van der Waals surface area contributed by atoms with Crippen LogP contribution in [-0.2, 0) is 27.9 Å². The third-order valence-electron chi connectivity index (χ3n) is 10.9. The summed E-state index contributed by atoms with van der Waals surface area (Å²) in [6.07, 6.45) is 25.6. The molecule has 57 heavy (non-hydrogen) atoms. The van der Waals surface area contributed by atoms with E-state index >= 15 is 0 Å². The van der Waals surface area contributed by atoms with Crippen molar-refractivity contribution >= 4 is 13.8 Å². The maximum absolute atomic E-state index is 12.8. The van der Waals surface area contributed by atoms with E-state index in [-0.39, 0.29) is 13.0 Å². The Balaban J connectivity index is 2.38. The molecule has 0 amide bonds. The third-order valence-corrected chi connectivity index (χ3v) is 11.9. The van der Waals surface area contributed by atoms with Crippen LogP contribution in [0.2, 0.25) is 0 Å². The second-order valence-corrected chi connectivity index (χ2v) is 17.7. The molecule has 1 aliphatic carbocycles. The lowest BCUT2D eigenvalue weighted by atomic mass is 9.85. The SMILES string of the molecule is CCCCCCCCC/C=C\CCCCCCCCCC(=O)OC(COCCCCCCCCCCCCCC)COP(=O)(O)OC1C(O)C(O)C(O)C(O)C1O. The smallest absolute Gasteiger partial charge is 0.457 e. The number of ether oxygens (including phenoxy) is 2. The number of unbranched alkanes of at least 4 members (excludes halogenated alkanes) is 25. The molecule has 0 aromatic heterocycles. The molecule has 1 saturated carbocycles. The van der Waals surface area contributed by atoms with Crippen molar-refractivity contribution in [2.75, 3.05) is 19.8 Å². The zero-order chi connectivity index (χ0) is 42.0. The van der Waals surface area contributed by atoms with Gasteiger partial charge in [-0.25, -0.2) is 4.57 Å².